The van der Waals surface area contributed by atoms with Crippen LogP contribution in [0.25, 0.3) is 11.1 Å². The highest BCUT2D eigenvalue weighted by atomic mass is 16.7. The van der Waals surface area contributed by atoms with Crippen LogP contribution in [0.4, 0.5) is 0 Å². The van der Waals surface area contributed by atoms with Gasteiger partial charge in [-0.3, -0.25) is 9.59 Å². The second kappa shape index (κ2) is 11.5. The number of hydrogen-bond acceptors (Lipinski definition) is 6. The molecule has 0 saturated heterocycles. The first-order valence-electron chi connectivity index (χ1n) is 10.2. The van der Waals surface area contributed by atoms with Gasteiger partial charge in [0.2, 0.25) is 6.79 Å². The Balaban J connectivity index is 1.89. The average molecular weight is 414 g/mol. The maximum absolute atomic E-state index is 12.4. The van der Waals surface area contributed by atoms with Crippen LogP contribution >= 0.6 is 0 Å². The maximum Gasteiger partial charge on any atom is 0.317 e. The molecule has 162 valence electrons. The van der Waals surface area contributed by atoms with E-state index >= 15 is 0 Å². The van der Waals surface area contributed by atoms with E-state index in [1.54, 1.807) is 6.92 Å². The predicted molar refractivity (Wildman–Crippen MR) is 115 cm³/mol. The number of benzene rings is 2. The van der Waals surface area contributed by atoms with E-state index in [1.807, 2.05) is 49.4 Å². The second-order valence-electron chi connectivity index (χ2n) is 7.77. The van der Waals surface area contributed by atoms with E-state index < -0.39 is 30.8 Å². The summed E-state index contributed by atoms with van der Waals surface area (Å²) in [6.45, 7) is 2.59. The van der Waals surface area contributed by atoms with Crippen molar-refractivity contribution in [2.45, 2.75) is 45.6 Å². The first-order valence-corrected chi connectivity index (χ1v) is 10.2. The van der Waals surface area contributed by atoms with Crippen molar-refractivity contribution < 1.29 is 24.2 Å². The van der Waals surface area contributed by atoms with Gasteiger partial charge in [-0.1, -0.05) is 61.5 Å². The summed E-state index contributed by atoms with van der Waals surface area (Å²) in [4.78, 5) is 23.8. The van der Waals surface area contributed by atoms with E-state index in [4.69, 9.17) is 15.2 Å². The first kappa shape index (κ1) is 23.6. The van der Waals surface area contributed by atoms with Gasteiger partial charge < -0.3 is 20.3 Å². The summed E-state index contributed by atoms with van der Waals surface area (Å²) >= 11 is 0. The summed E-state index contributed by atoms with van der Waals surface area (Å²) in [6, 6.07) is 17.9. The van der Waals surface area contributed by atoms with Crippen molar-refractivity contribution >= 4 is 11.9 Å². The van der Waals surface area contributed by atoms with Gasteiger partial charge in [-0.05, 0) is 42.9 Å². The molecular formula is C24H31NO5. The maximum atomic E-state index is 12.4. The Morgan fingerprint density at radius 1 is 1.03 bits per heavy atom. The van der Waals surface area contributed by atoms with Gasteiger partial charge in [0.25, 0.3) is 0 Å². The zero-order valence-electron chi connectivity index (χ0n) is 17.7. The molecule has 0 heterocycles. The van der Waals surface area contributed by atoms with E-state index in [1.165, 1.54) is 0 Å². The number of esters is 2. The van der Waals surface area contributed by atoms with Gasteiger partial charge in [-0.25, -0.2) is 0 Å². The molecule has 0 fully saturated rings. The smallest absolute Gasteiger partial charge is 0.317 e. The molecule has 2 aromatic carbocycles. The number of nitrogens with two attached hydrogens (primary N) is 1. The highest BCUT2D eigenvalue weighted by Gasteiger charge is 2.36. The number of aliphatic hydroxyl groups excluding tert-OH is 1. The monoisotopic (exact) mass is 413 g/mol. The third-order valence-electron chi connectivity index (χ3n) is 4.98. The Bertz CT molecular complexity index is 806. The minimum absolute atomic E-state index is 0.242. The lowest BCUT2D eigenvalue weighted by Gasteiger charge is -2.28. The average Bonchev–Trinajstić information content (AvgIpc) is 2.74. The molecule has 6 heteroatoms. The Kier molecular flexibility index (Phi) is 9.02. The Hall–Kier alpha value is -2.70. The van der Waals surface area contributed by atoms with Gasteiger partial charge in [0.1, 0.15) is 0 Å². The fourth-order valence-electron chi connectivity index (χ4n) is 3.23. The molecule has 2 aromatic rings. The number of hydrogen-bond donors (Lipinski definition) is 2. The van der Waals surface area contributed by atoms with Crippen LogP contribution in [0.5, 0.6) is 0 Å². The Labute approximate surface area is 178 Å². The zero-order valence-corrected chi connectivity index (χ0v) is 17.7. The van der Waals surface area contributed by atoms with Crippen LogP contribution in [0.15, 0.2) is 54.6 Å². The summed E-state index contributed by atoms with van der Waals surface area (Å²) in [6.07, 6.45) is 1.72. The molecule has 0 aromatic heterocycles. The van der Waals surface area contributed by atoms with Crippen LogP contribution in [0, 0.1) is 5.41 Å². The topological polar surface area (TPSA) is 98.8 Å². The van der Waals surface area contributed by atoms with Crippen molar-refractivity contribution in [2.75, 3.05) is 13.4 Å². The molecular weight excluding hydrogens is 382 g/mol. The van der Waals surface area contributed by atoms with E-state index in [2.05, 4.69) is 12.1 Å². The summed E-state index contributed by atoms with van der Waals surface area (Å²) in [5.41, 5.74) is 8.41. The molecule has 0 aliphatic rings. The predicted octanol–water partition coefficient (Wildman–Crippen LogP) is 3.46. The molecule has 30 heavy (non-hydrogen) atoms. The van der Waals surface area contributed by atoms with E-state index in [0.717, 1.165) is 16.7 Å². The van der Waals surface area contributed by atoms with Crippen LogP contribution in [0.3, 0.4) is 0 Å². The molecule has 2 rings (SSSR count). The lowest BCUT2D eigenvalue weighted by Crippen LogP contribution is -2.40. The zero-order chi connectivity index (χ0) is 22.0. The first-order chi connectivity index (χ1) is 14.4. The standard InChI is InChI=1S/C24H31NO5/c1-3-7-22(27)29-17-30-23(28)24(2,16-26)15-21(25)14-18-10-12-20(13-11-18)19-8-5-4-6-9-19/h4-6,8-13,21,26H,3,7,14-17,25H2,1-2H3/t21-,24+/m1/s1. The van der Waals surface area contributed by atoms with Gasteiger partial charge in [0, 0.05) is 12.5 Å². The van der Waals surface area contributed by atoms with Crippen LogP contribution in [0.2, 0.25) is 0 Å². The third kappa shape index (κ3) is 6.97. The van der Waals surface area contributed by atoms with Gasteiger partial charge in [-0.15, -0.1) is 0 Å². The molecule has 2 atom stereocenters. The fraction of sp³-hybridized carbons (Fsp3) is 0.417. The summed E-state index contributed by atoms with van der Waals surface area (Å²) in [5, 5.41) is 9.76. The minimum Gasteiger partial charge on any atom is -0.428 e. The summed E-state index contributed by atoms with van der Waals surface area (Å²) in [7, 11) is 0. The quantitative estimate of drug-likeness (QED) is 0.432. The Morgan fingerprint density at radius 3 is 2.27 bits per heavy atom. The van der Waals surface area contributed by atoms with Gasteiger partial charge in [0.05, 0.1) is 12.0 Å². The lowest BCUT2D eigenvalue weighted by atomic mass is 9.83. The van der Waals surface area contributed by atoms with Gasteiger partial charge in [0.15, 0.2) is 0 Å². The summed E-state index contributed by atoms with van der Waals surface area (Å²) in [5.74, 6) is -1.06. The molecule has 6 nitrogen and oxygen atoms in total. The lowest BCUT2D eigenvalue weighted by molar-refractivity contribution is -0.176. The van der Waals surface area contributed by atoms with Gasteiger partial charge >= 0.3 is 11.9 Å². The van der Waals surface area contributed by atoms with Crippen LogP contribution in [-0.2, 0) is 25.5 Å². The molecule has 0 radical (unpaired) electrons. The normalized spacial score (nSPS) is 13.9. The van der Waals surface area contributed by atoms with Crippen molar-refractivity contribution in [3.63, 3.8) is 0 Å². The number of carbonyl (C=O) groups is 2. The van der Waals surface area contributed by atoms with Crippen molar-refractivity contribution in [2.24, 2.45) is 11.1 Å². The molecule has 0 unspecified atom stereocenters. The SMILES string of the molecule is CCCC(=O)OCOC(=O)[C@](C)(CO)C[C@H](N)Cc1ccc(-c2ccccc2)cc1. The van der Waals surface area contributed by atoms with Gasteiger partial charge in [-0.2, -0.15) is 0 Å². The van der Waals surface area contributed by atoms with Crippen molar-refractivity contribution in [3.8, 4) is 11.1 Å². The second-order valence-corrected chi connectivity index (χ2v) is 7.77. The summed E-state index contributed by atoms with van der Waals surface area (Å²) < 4.78 is 9.88. The van der Waals surface area contributed by atoms with E-state index in [0.29, 0.717) is 12.8 Å². The number of ether oxygens (including phenoxy) is 2. The molecule has 0 amide bonds. The minimum atomic E-state index is -1.17. The number of rotatable bonds is 11. The van der Waals surface area contributed by atoms with Crippen molar-refractivity contribution in [1.82, 2.24) is 0 Å². The van der Waals surface area contributed by atoms with E-state index in [-0.39, 0.29) is 18.9 Å². The van der Waals surface area contributed by atoms with Crippen molar-refractivity contribution in [1.29, 1.82) is 0 Å². The molecule has 0 spiro atoms. The third-order valence-corrected chi connectivity index (χ3v) is 4.98. The molecule has 3 N–H and O–H groups in total. The molecule has 0 saturated carbocycles. The fourth-order valence-corrected chi connectivity index (χ4v) is 3.23. The van der Waals surface area contributed by atoms with Crippen LogP contribution < -0.4 is 5.73 Å². The van der Waals surface area contributed by atoms with Crippen LogP contribution in [0.1, 0.15) is 38.7 Å². The largest absolute Gasteiger partial charge is 0.428 e. The van der Waals surface area contributed by atoms with E-state index in [9.17, 15) is 14.7 Å². The highest BCUT2D eigenvalue weighted by molar-refractivity contribution is 5.77. The Morgan fingerprint density at radius 2 is 1.67 bits per heavy atom. The highest BCUT2D eigenvalue weighted by Crippen LogP contribution is 2.26. The molecule has 0 aliphatic heterocycles. The van der Waals surface area contributed by atoms with Crippen molar-refractivity contribution in [3.05, 3.63) is 60.2 Å². The number of aliphatic hydroxyl groups is 1. The molecule has 0 bridgehead atoms. The number of carbonyl (C=O) groups excluding carboxylic acids is 2. The molecule has 0 aliphatic carbocycles. The van der Waals surface area contributed by atoms with Crippen LogP contribution in [-0.4, -0.2) is 36.5 Å².